The van der Waals surface area contributed by atoms with Crippen molar-refractivity contribution in [2.45, 2.75) is 24.9 Å². The van der Waals surface area contributed by atoms with Gasteiger partial charge < -0.3 is 9.64 Å². The molecule has 7 heteroatoms. The molecule has 0 aromatic heterocycles. The number of carbonyl (C=O) groups is 4. The Kier molecular flexibility index (Phi) is 5.99. The first-order chi connectivity index (χ1) is 20.3. The van der Waals surface area contributed by atoms with Gasteiger partial charge in [0.25, 0.3) is 0 Å². The van der Waals surface area contributed by atoms with E-state index in [9.17, 15) is 19.2 Å². The van der Waals surface area contributed by atoms with Crippen molar-refractivity contribution in [3.05, 3.63) is 136 Å². The maximum absolute atomic E-state index is 14.7. The first-order valence-corrected chi connectivity index (χ1v) is 14.0. The van der Waals surface area contributed by atoms with E-state index in [-0.39, 0.29) is 17.3 Å². The van der Waals surface area contributed by atoms with Crippen molar-refractivity contribution in [1.82, 2.24) is 0 Å². The molecule has 3 aliphatic rings. The molecule has 0 N–H and O–H groups in total. The number of ketones is 3. The van der Waals surface area contributed by atoms with Crippen molar-refractivity contribution >= 4 is 46.7 Å². The largest absolute Gasteiger partial charge is 0.427 e. The highest BCUT2D eigenvalue weighted by Gasteiger charge is 2.71. The number of rotatable bonds is 4. The SMILES string of the molecule is CC(=O)Oc1ccc(C(=O)[C@@H]2[C@H](c3cccc(Cl)c3)C3(C(=O)c4ccccc4C3=O)[C@@H]3C=Cc4ccccc4N23)cc1. The summed E-state index contributed by atoms with van der Waals surface area (Å²) in [5.41, 5.74) is 1.76. The highest BCUT2D eigenvalue weighted by Crippen LogP contribution is 2.61. The van der Waals surface area contributed by atoms with Gasteiger partial charge in [-0.25, -0.2) is 0 Å². The molecular weight excluding hydrogens is 550 g/mol. The molecule has 4 aromatic rings. The lowest BCUT2D eigenvalue weighted by molar-refractivity contribution is -0.131. The highest BCUT2D eigenvalue weighted by atomic mass is 35.5. The highest BCUT2D eigenvalue weighted by molar-refractivity contribution is 6.33. The predicted molar refractivity (Wildman–Crippen MR) is 159 cm³/mol. The van der Waals surface area contributed by atoms with Gasteiger partial charge in [0.2, 0.25) is 0 Å². The van der Waals surface area contributed by atoms with E-state index < -0.39 is 29.4 Å². The molecule has 2 aliphatic heterocycles. The minimum Gasteiger partial charge on any atom is -0.427 e. The van der Waals surface area contributed by atoms with Gasteiger partial charge in [0, 0.05) is 40.2 Å². The second kappa shape index (κ2) is 9.64. The second-order valence-electron chi connectivity index (χ2n) is 10.8. The third kappa shape index (κ3) is 3.65. The molecule has 206 valence electrons. The Bertz CT molecular complexity index is 1810. The molecule has 3 atom stereocenters. The first kappa shape index (κ1) is 26.1. The normalized spacial score (nSPS) is 21.2. The monoisotopic (exact) mass is 573 g/mol. The predicted octanol–water partition coefficient (Wildman–Crippen LogP) is 6.58. The standard InChI is InChI=1S/C35H24ClNO5/c1-20(38)42-25-16-13-22(14-17-25)32(39)31-30(23-8-6-9-24(36)19-23)35(33(40)26-10-3-4-11-27(26)34(35)41)29-18-15-21-7-2-5-12-28(21)37(29)31/h2-19,29-31H,1H3/t29-,30-,31-/m0/s1. The van der Waals surface area contributed by atoms with Crippen molar-refractivity contribution in [1.29, 1.82) is 0 Å². The summed E-state index contributed by atoms with van der Waals surface area (Å²) in [4.78, 5) is 57.4. The quantitative estimate of drug-likeness (QED) is 0.119. The minimum absolute atomic E-state index is 0.266. The second-order valence-corrected chi connectivity index (χ2v) is 11.2. The summed E-state index contributed by atoms with van der Waals surface area (Å²) in [6.07, 6.45) is 3.82. The maximum atomic E-state index is 14.7. The van der Waals surface area contributed by atoms with Crippen LogP contribution in [0.2, 0.25) is 5.02 Å². The molecule has 1 fully saturated rings. The van der Waals surface area contributed by atoms with Gasteiger partial charge in [-0.05, 0) is 53.6 Å². The Morgan fingerprint density at radius 2 is 1.50 bits per heavy atom. The minimum atomic E-state index is -1.60. The molecule has 0 radical (unpaired) electrons. The van der Waals surface area contributed by atoms with Crippen LogP contribution in [0.25, 0.3) is 6.08 Å². The van der Waals surface area contributed by atoms with E-state index >= 15 is 0 Å². The average molecular weight is 574 g/mol. The molecule has 4 aromatic carbocycles. The van der Waals surface area contributed by atoms with E-state index in [0.717, 1.165) is 11.3 Å². The van der Waals surface area contributed by atoms with Crippen LogP contribution in [-0.2, 0) is 4.79 Å². The van der Waals surface area contributed by atoms with Crippen LogP contribution < -0.4 is 9.64 Å². The summed E-state index contributed by atoms with van der Waals surface area (Å²) in [6, 6.07) is 26.3. The average Bonchev–Trinajstić information content (AvgIpc) is 3.43. The molecule has 2 heterocycles. The molecule has 7 rings (SSSR count). The molecule has 0 saturated carbocycles. The number of anilines is 1. The number of benzene rings is 4. The number of hydrogen-bond acceptors (Lipinski definition) is 6. The van der Waals surface area contributed by atoms with Gasteiger partial charge >= 0.3 is 5.97 Å². The number of esters is 1. The van der Waals surface area contributed by atoms with Crippen LogP contribution in [0.15, 0.2) is 103 Å². The Balaban J connectivity index is 1.49. The van der Waals surface area contributed by atoms with Gasteiger partial charge in [0.15, 0.2) is 17.3 Å². The van der Waals surface area contributed by atoms with Crippen molar-refractivity contribution in [3.63, 3.8) is 0 Å². The van der Waals surface area contributed by atoms with Crippen LogP contribution >= 0.6 is 11.6 Å². The van der Waals surface area contributed by atoms with Crippen LogP contribution in [-0.4, -0.2) is 35.4 Å². The Morgan fingerprint density at radius 1 is 0.833 bits per heavy atom. The van der Waals surface area contributed by atoms with Crippen LogP contribution in [0.3, 0.4) is 0 Å². The maximum Gasteiger partial charge on any atom is 0.308 e. The van der Waals surface area contributed by atoms with Crippen molar-refractivity contribution in [2.75, 3.05) is 4.90 Å². The summed E-state index contributed by atoms with van der Waals surface area (Å²) >= 11 is 6.49. The summed E-state index contributed by atoms with van der Waals surface area (Å²) in [5.74, 6) is -1.87. The van der Waals surface area contributed by atoms with E-state index in [1.165, 1.54) is 6.92 Å². The summed E-state index contributed by atoms with van der Waals surface area (Å²) < 4.78 is 5.18. The summed E-state index contributed by atoms with van der Waals surface area (Å²) in [6.45, 7) is 1.31. The first-order valence-electron chi connectivity index (χ1n) is 13.6. The molecule has 1 aliphatic carbocycles. The van der Waals surface area contributed by atoms with Gasteiger partial charge in [-0.1, -0.05) is 78.4 Å². The zero-order valence-electron chi connectivity index (χ0n) is 22.5. The van der Waals surface area contributed by atoms with Gasteiger partial charge in [-0.2, -0.15) is 0 Å². The molecule has 6 nitrogen and oxygen atoms in total. The van der Waals surface area contributed by atoms with Crippen LogP contribution in [0.1, 0.15) is 55.0 Å². The van der Waals surface area contributed by atoms with E-state index in [0.29, 0.717) is 33.0 Å². The van der Waals surface area contributed by atoms with E-state index in [1.54, 1.807) is 66.7 Å². The van der Waals surface area contributed by atoms with Gasteiger partial charge in [0.05, 0.1) is 6.04 Å². The number of nitrogens with zero attached hydrogens (tertiary/aromatic N) is 1. The van der Waals surface area contributed by atoms with Crippen LogP contribution in [0, 0.1) is 5.41 Å². The zero-order chi connectivity index (χ0) is 29.2. The molecule has 0 amide bonds. The third-order valence-electron chi connectivity index (χ3n) is 8.59. The summed E-state index contributed by atoms with van der Waals surface area (Å²) in [5, 5.41) is 0.441. The molecule has 0 bridgehead atoms. The van der Waals surface area contributed by atoms with Gasteiger partial charge in [0.1, 0.15) is 17.2 Å². The number of carbonyl (C=O) groups excluding carboxylic acids is 4. The number of Topliss-reactive ketones (excluding diaryl/α,β-unsaturated/α-hetero) is 3. The molecule has 1 spiro atoms. The molecule has 1 saturated heterocycles. The smallest absolute Gasteiger partial charge is 0.308 e. The van der Waals surface area contributed by atoms with Gasteiger partial charge in [-0.15, -0.1) is 0 Å². The number of fused-ring (bicyclic) bond motifs is 5. The van der Waals surface area contributed by atoms with E-state index in [2.05, 4.69) is 0 Å². The molecule has 0 unspecified atom stereocenters. The zero-order valence-corrected chi connectivity index (χ0v) is 23.2. The van der Waals surface area contributed by atoms with Crippen molar-refractivity contribution < 1.29 is 23.9 Å². The Labute approximate surface area is 247 Å². The van der Waals surface area contributed by atoms with Crippen molar-refractivity contribution in [3.8, 4) is 5.75 Å². The van der Waals surface area contributed by atoms with Gasteiger partial charge in [-0.3, -0.25) is 19.2 Å². The fourth-order valence-electron chi connectivity index (χ4n) is 7.01. The lowest BCUT2D eigenvalue weighted by Gasteiger charge is -2.37. The van der Waals surface area contributed by atoms with Crippen LogP contribution in [0.4, 0.5) is 5.69 Å². The number of ether oxygens (including phenoxy) is 1. The lowest BCUT2D eigenvalue weighted by atomic mass is 9.64. The fourth-order valence-corrected chi connectivity index (χ4v) is 7.21. The number of hydrogen-bond donors (Lipinski definition) is 0. The van der Waals surface area contributed by atoms with Crippen molar-refractivity contribution in [2.24, 2.45) is 5.41 Å². The fraction of sp³-hybridized carbons (Fsp3) is 0.143. The number of para-hydroxylation sites is 1. The molecular formula is C35H24ClNO5. The Hall–Kier alpha value is -4.81. The van der Waals surface area contributed by atoms with Crippen LogP contribution in [0.5, 0.6) is 5.75 Å². The molecule has 42 heavy (non-hydrogen) atoms. The topological polar surface area (TPSA) is 80.8 Å². The van der Waals surface area contributed by atoms with E-state index in [4.69, 9.17) is 16.3 Å². The van der Waals surface area contributed by atoms with E-state index in [1.807, 2.05) is 47.4 Å². The number of halogens is 1. The summed E-state index contributed by atoms with van der Waals surface area (Å²) in [7, 11) is 0. The Morgan fingerprint density at radius 3 is 2.17 bits per heavy atom. The third-order valence-corrected chi connectivity index (χ3v) is 8.82. The lowest BCUT2D eigenvalue weighted by Crippen LogP contribution is -2.48.